The molecule has 1 aliphatic rings. The van der Waals surface area contributed by atoms with Gasteiger partial charge >= 0.3 is 0 Å². The molecule has 1 atom stereocenters. The standard InChI is InChI=1S/C18H20N2O3S/c1-3-23-15-8-5-4-7-14(15)20-11-10-19(13(2)17(20)21)18(22)16-9-6-12-24-16/h4-9,12-13H,3,10-11H2,1-2H3/t13-/m0/s1. The van der Waals surface area contributed by atoms with Crippen LogP contribution in [-0.4, -0.2) is 42.5 Å². The van der Waals surface area contributed by atoms with Gasteiger partial charge < -0.3 is 14.5 Å². The Morgan fingerprint density at radius 1 is 1.25 bits per heavy atom. The number of anilines is 1. The third-order valence-corrected chi connectivity index (χ3v) is 4.96. The second-order valence-electron chi connectivity index (χ2n) is 5.54. The summed E-state index contributed by atoms with van der Waals surface area (Å²) < 4.78 is 5.63. The normalized spacial score (nSPS) is 17.9. The van der Waals surface area contributed by atoms with Crippen molar-refractivity contribution in [3.05, 3.63) is 46.7 Å². The minimum absolute atomic E-state index is 0.0800. The third-order valence-electron chi connectivity index (χ3n) is 4.10. The van der Waals surface area contributed by atoms with Crippen LogP contribution in [-0.2, 0) is 4.79 Å². The monoisotopic (exact) mass is 344 g/mol. The van der Waals surface area contributed by atoms with Gasteiger partial charge in [0.2, 0.25) is 5.91 Å². The van der Waals surface area contributed by atoms with E-state index in [9.17, 15) is 9.59 Å². The average Bonchev–Trinajstić information content (AvgIpc) is 3.12. The molecule has 1 aromatic heterocycles. The van der Waals surface area contributed by atoms with E-state index in [2.05, 4.69) is 0 Å². The first kappa shape index (κ1) is 16.5. The van der Waals surface area contributed by atoms with Crippen LogP contribution in [0.3, 0.4) is 0 Å². The van der Waals surface area contributed by atoms with E-state index < -0.39 is 6.04 Å². The SMILES string of the molecule is CCOc1ccccc1N1CCN(C(=O)c2cccs2)[C@@H](C)C1=O. The number of benzene rings is 1. The molecule has 2 amide bonds. The Kier molecular flexibility index (Phi) is 4.85. The smallest absolute Gasteiger partial charge is 0.264 e. The minimum atomic E-state index is -0.497. The molecule has 3 rings (SSSR count). The molecule has 0 radical (unpaired) electrons. The Hall–Kier alpha value is -2.34. The van der Waals surface area contributed by atoms with Gasteiger partial charge in [0.25, 0.3) is 5.91 Å². The van der Waals surface area contributed by atoms with Gasteiger partial charge in [0, 0.05) is 13.1 Å². The van der Waals surface area contributed by atoms with Crippen LogP contribution < -0.4 is 9.64 Å². The second-order valence-corrected chi connectivity index (χ2v) is 6.49. The van der Waals surface area contributed by atoms with E-state index >= 15 is 0 Å². The zero-order valence-electron chi connectivity index (χ0n) is 13.8. The fourth-order valence-electron chi connectivity index (χ4n) is 2.89. The zero-order valence-corrected chi connectivity index (χ0v) is 14.6. The third kappa shape index (κ3) is 3.01. The summed E-state index contributed by atoms with van der Waals surface area (Å²) in [6, 6.07) is 10.7. The van der Waals surface area contributed by atoms with Gasteiger partial charge in [0.15, 0.2) is 0 Å². The molecule has 0 spiro atoms. The maximum Gasteiger partial charge on any atom is 0.264 e. The highest BCUT2D eigenvalue weighted by molar-refractivity contribution is 7.12. The number of rotatable bonds is 4. The molecule has 24 heavy (non-hydrogen) atoms. The molecule has 1 aromatic carbocycles. The zero-order chi connectivity index (χ0) is 17.1. The van der Waals surface area contributed by atoms with Gasteiger partial charge in [-0.05, 0) is 37.4 Å². The van der Waals surface area contributed by atoms with E-state index in [4.69, 9.17) is 4.74 Å². The number of hydrogen-bond acceptors (Lipinski definition) is 4. The predicted octanol–water partition coefficient (Wildman–Crippen LogP) is 3.02. The quantitative estimate of drug-likeness (QED) is 0.857. The summed E-state index contributed by atoms with van der Waals surface area (Å²) in [5.41, 5.74) is 0.763. The van der Waals surface area contributed by atoms with Gasteiger partial charge in [-0.3, -0.25) is 9.59 Å². The number of hydrogen-bond donors (Lipinski definition) is 0. The Balaban J connectivity index is 1.82. The summed E-state index contributed by atoms with van der Waals surface area (Å²) in [5.74, 6) is 0.528. The van der Waals surface area contributed by atoms with Crippen molar-refractivity contribution in [2.24, 2.45) is 0 Å². The Morgan fingerprint density at radius 3 is 2.75 bits per heavy atom. The van der Waals surface area contributed by atoms with Crippen molar-refractivity contribution in [3.63, 3.8) is 0 Å². The van der Waals surface area contributed by atoms with Crippen LogP contribution in [0.2, 0.25) is 0 Å². The van der Waals surface area contributed by atoms with E-state index in [0.717, 1.165) is 5.69 Å². The summed E-state index contributed by atoms with van der Waals surface area (Å²) in [6.45, 7) is 5.20. The molecule has 0 saturated carbocycles. The molecule has 0 unspecified atom stereocenters. The van der Waals surface area contributed by atoms with Crippen molar-refractivity contribution in [1.29, 1.82) is 0 Å². The van der Waals surface area contributed by atoms with Crippen molar-refractivity contribution in [3.8, 4) is 5.75 Å². The van der Waals surface area contributed by atoms with Gasteiger partial charge in [-0.15, -0.1) is 11.3 Å². The second kappa shape index (κ2) is 7.05. The highest BCUT2D eigenvalue weighted by atomic mass is 32.1. The molecule has 1 fully saturated rings. The topological polar surface area (TPSA) is 49.9 Å². The van der Waals surface area contributed by atoms with Crippen LogP contribution >= 0.6 is 11.3 Å². The maximum absolute atomic E-state index is 12.8. The molecular weight excluding hydrogens is 324 g/mol. The van der Waals surface area contributed by atoms with Gasteiger partial charge in [0.05, 0.1) is 17.2 Å². The Bertz CT molecular complexity index is 730. The van der Waals surface area contributed by atoms with Crippen molar-refractivity contribution >= 4 is 28.8 Å². The van der Waals surface area contributed by atoms with Crippen molar-refractivity contribution in [2.75, 3.05) is 24.6 Å². The minimum Gasteiger partial charge on any atom is -0.492 e. The first-order valence-electron chi connectivity index (χ1n) is 8.01. The first-order valence-corrected chi connectivity index (χ1v) is 8.89. The predicted molar refractivity (Wildman–Crippen MR) is 94.8 cm³/mol. The van der Waals surface area contributed by atoms with Gasteiger partial charge in [0.1, 0.15) is 11.8 Å². The average molecular weight is 344 g/mol. The number of ether oxygens (including phenoxy) is 1. The Labute approximate surface area is 145 Å². The molecular formula is C18H20N2O3S. The molecule has 5 nitrogen and oxygen atoms in total. The van der Waals surface area contributed by atoms with Crippen LogP contribution in [0.15, 0.2) is 41.8 Å². The highest BCUT2D eigenvalue weighted by Gasteiger charge is 2.36. The molecule has 2 heterocycles. The molecule has 2 aromatic rings. The highest BCUT2D eigenvalue weighted by Crippen LogP contribution is 2.31. The molecule has 0 bridgehead atoms. The van der Waals surface area contributed by atoms with Crippen molar-refractivity contribution in [1.82, 2.24) is 4.90 Å². The van der Waals surface area contributed by atoms with E-state index in [1.807, 2.05) is 42.6 Å². The van der Waals surface area contributed by atoms with Gasteiger partial charge in [-0.1, -0.05) is 18.2 Å². The van der Waals surface area contributed by atoms with Crippen LogP contribution in [0.4, 0.5) is 5.69 Å². The number of piperazine rings is 1. The van der Waals surface area contributed by atoms with Crippen molar-refractivity contribution in [2.45, 2.75) is 19.9 Å². The number of nitrogens with zero attached hydrogens (tertiary/aromatic N) is 2. The summed E-state index contributed by atoms with van der Waals surface area (Å²) in [5, 5.41) is 1.87. The molecule has 1 saturated heterocycles. The summed E-state index contributed by atoms with van der Waals surface area (Å²) in [7, 11) is 0. The number of carbonyl (C=O) groups excluding carboxylic acids is 2. The van der Waals surface area contributed by atoms with E-state index in [-0.39, 0.29) is 11.8 Å². The number of carbonyl (C=O) groups is 2. The number of thiophene rings is 1. The van der Waals surface area contributed by atoms with Crippen LogP contribution in [0.1, 0.15) is 23.5 Å². The lowest BCUT2D eigenvalue weighted by Crippen LogP contribution is -2.57. The fraction of sp³-hybridized carbons (Fsp3) is 0.333. The summed E-state index contributed by atoms with van der Waals surface area (Å²) in [6.07, 6.45) is 0. The van der Waals surface area contributed by atoms with Gasteiger partial charge in [-0.2, -0.15) is 0 Å². The summed E-state index contributed by atoms with van der Waals surface area (Å²) in [4.78, 5) is 29.4. The Morgan fingerprint density at radius 2 is 2.04 bits per heavy atom. The van der Waals surface area contributed by atoms with Crippen LogP contribution in [0, 0.1) is 0 Å². The molecule has 0 N–H and O–H groups in total. The van der Waals surface area contributed by atoms with Crippen LogP contribution in [0.25, 0.3) is 0 Å². The van der Waals surface area contributed by atoms with E-state index in [1.54, 1.807) is 22.8 Å². The van der Waals surface area contributed by atoms with Gasteiger partial charge in [-0.25, -0.2) is 0 Å². The molecule has 126 valence electrons. The molecule has 1 aliphatic heterocycles. The van der Waals surface area contributed by atoms with Crippen LogP contribution in [0.5, 0.6) is 5.75 Å². The molecule has 6 heteroatoms. The number of amides is 2. The first-order chi connectivity index (χ1) is 11.6. The lowest BCUT2D eigenvalue weighted by atomic mass is 10.1. The van der Waals surface area contributed by atoms with E-state index in [0.29, 0.717) is 30.3 Å². The lowest BCUT2D eigenvalue weighted by Gasteiger charge is -2.39. The lowest BCUT2D eigenvalue weighted by molar-refractivity contribution is -0.124. The molecule has 0 aliphatic carbocycles. The summed E-state index contributed by atoms with van der Waals surface area (Å²) >= 11 is 1.40. The largest absolute Gasteiger partial charge is 0.492 e. The maximum atomic E-state index is 12.8. The fourth-order valence-corrected chi connectivity index (χ4v) is 3.57. The van der Waals surface area contributed by atoms with E-state index in [1.165, 1.54) is 11.3 Å². The van der Waals surface area contributed by atoms with Crippen molar-refractivity contribution < 1.29 is 14.3 Å². The number of para-hydroxylation sites is 2.